The van der Waals surface area contributed by atoms with Crippen molar-refractivity contribution in [3.8, 4) is 11.5 Å². The molecule has 0 aliphatic heterocycles. The molecule has 126 valence electrons. The number of hydrogen-bond donors (Lipinski definition) is 1. The van der Waals surface area contributed by atoms with Crippen LogP contribution in [0.15, 0.2) is 47.6 Å². The number of alkyl halides is 2. The van der Waals surface area contributed by atoms with E-state index in [2.05, 4.69) is 15.3 Å². The molecule has 0 heterocycles. The third-order valence-electron chi connectivity index (χ3n) is 2.90. The molecule has 0 saturated heterocycles. The van der Waals surface area contributed by atoms with Gasteiger partial charge in [-0.2, -0.15) is 13.9 Å². The Hall–Kier alpha value is -3.23. The summed E-state index contributed by atoms with van der Waals surface area (Å²) in [5.41, 5.74) is 3.20. The van der Waals surface area contributed by atoms with Crippen molar-refractivity contribution in [3.05, 3.63) is 58.1 Å². The summed E-state index contributed by atoms with van der Waals surface area (Å²) in [5, 5.41) is 14.8. The van der Waals surface area contributed by atoms with Crippen molar-refractivity contribution in [2.45, 2.75) is 6.61 Å². The summed E-state index contributed by atoms with van der Waals surface area (Å²) in [6, 6.07) is 10.3. The predicted molar refractivity (Wildman–Crippen MR) is 83.9 cm³/mol. The van der Waals surface area contributed by atoms with Crippen LogP contribution in [0.5, 0.6) is 11.5 Å². The fourth-order valence-corrected chi connectivity index (χ4v) is 1.86. The van der Waals surface area contributed by atoms with Crippen LogP contribution in [0.2, 0.25) is 0 Å². The second-order valence-electron chi connectivity index (χ2n) is 4.43. The number of para-hydroxylation sites is 2. The van der Waals surface area contributed by atoms with E-state index in [1.165, 1.54) is 43.7 Å². The maximum Gasteiger partial charge on any atom is 0.387 e. The molecule has 24 heavy (non-hydrogen) atoms. The van der Waals surface area contributed by atoms with Crippen molar-refractivity contribution >= 4 is 17.6 Å². The number of halogens is 2. The molecular formula is C15H13F2N3O4. The van der Waals surface area contributed by atoms with E-state index in [0.29, 0.717) is 5.56 Å². The molecule has 0 spiro atoms. The minimum Gasteiger partial charge on any atom is -0.493 e. The molecule has 2 aromatic rings. The zero-order valence-electron chi connectivity index (χ0n) is 12.5. The highest BCUT2D eigenvalue weighted by Crippen LogP contribution is 2.29. The van der Waals surface area contributed by atoms with Gasteiger partial charge in [0, 0.05) is 6.07 Å². The summed E-state index contributed by atoms with van der Waals surface area (Å²) in [6.07, 6.45) is 1.37. The number of anilines is 1. The average Bonchev–Trinajstić information content (AvgIpc) is 2.56. The SMILES string of the molecule is COc1cc(/C=N\Nc2ccccc2[N+](=O)[O-])ccc1OC(F)F. The number of nitrogens with zero attached hydrogens (tertiary/aromatic N) is 2. The highest BCUT2D eigenvalue weighted by Gasteiger charge is 2.12. The van der Waals surface area contributed by atoms with E-state index >= 15 is 0 Å². The maximum absolute atomic E-state index is 12.3. The van der Waals surface area contributed by atoms with Crippen molar-refractivity contribution in [2.24, 2.45) is 5.10 Å². The first-order valence-corrected chi connectivity index (χ1v) is 6.66. The molecule has 0 aliphatic rings. The van der Waals surface area contributed by atoms with Crippen LogP contribution in [-0.2, 0) is 0 Å². The average molecular weight is 337 g/mol. The standard InChI is InChI=1S/C15H13F2N3O4/c1-23-14-8-10(6-7-13(14)24-15(16)17)9-18-19-11-4-2-3-5-12(11)20(21)22/h2-9,15,19H,1H3/b18-9-. The van der Waals surface area contributed by atoms with Gasteiger partial charge in [0.1, 0.15) is 5.69 Å². The third kappa shape index (κ3) is 4.38. The van der Waals surface area contributed by atoms with Crippen LogP contribution < -0.4 is 14.9 Å². The Kier molecular flexibility index (Phi) is 5.61. The van der Waals surface area contributed by atoms with Crippen LogP contribution in [0.1, 0.15) is 5.56 Å². The highest BCUT2D eigenvalue weighted by molar-refractivity contribution is 5.81. The van der Waals surface area contributed by atoms with Gasteiger partial charge in [-0.1, -0.05) is 12.1 Å². The highest BCUT2D eigenvalue weighted by atomic mass is 19.3. The van der Waals surface area contributed by atoms with Crippen molar-refractivity contribution in [2.75, 3.05) is 12.5 Å². The molecule has 1 N–H and O–H groups in total. The molecule has 0 fully saturated rings. The molecule has 2 rings (SSSR count). The fourth-order valence-electron chi connectivity index (χ4n) is 1.86. The van der Waals surface area contributed by atoms with Gasteiger partial charge in [-0.3, -0.25) is 15.5 Å². The van der Waals surface area contributed by atoms with Gasteiger partial charge in [-0.15, -0.1) is 0 Å². The smallest absolute Gasteiger partial charge is 0.387 e. The lowest BCUT2D eigenvalue weighted by Gasteiger charge is -2.10. The molecule has 9 heteroatoms. The van der Waals surface area contributed by atoms with Crippen LogP contribution in [-0.4, -0.2) is 24.9 Å². The van der Waals surface area contributed by atoms with Crippen LogP contribution >= 0.6 is 0 Å². The number of rotatable bonds is 7. The van der Waals surface area contributed by atoms with E-state index in [0.717, 1.165) is 0 Å². The van der Waals surface area contributed by atoms with Gasteiger partial charge in [0.25, 0.3) is 5.69 Å². The quantitative estimate of drug-likeness (QED) is 0.473. The summed E-state index contributed by atoms with van der Waals surface area (Å²) < 4.78 is 33.8. The number of hydrazone groups is 1. The fraction of sp³-hybridized carbons (Fsp3) is 0.133. The molecular weight excluding hydrogens is 324 g/mol. The first kappa shape index (κ1) is 17.1. The molecule has 0 aromatic heterocycles. The second-order valence-corrected chi connectivity index (χ2v) is 4.43. The van der Waals surface area contributed by atoms with Gasteiger partial charge in [0.2, 0.25) is 0 Å². The lowest BCUT2D eigenvalue weighted by Crippen LogP contribution is -2.03. The maximum atomic E-state index is 12.3. The normalized spacial score (nSPS) is 10.8. The van der Waals surface area contributed by atoms with Gasteiger partial charge in [0.15, 0.2) is 11.5 Å². The Morgan fingerprint density at radius 1 is 1.25 bits per heavy atom. The molecule has 2 aromatic carbocycles. The van der Waals surface area contributed by atoms with Crippen LogP contribution in [0.25, 0.3) is 0 Å². The van der Waals surface area contributed by atoms with Gasteiger partial charge in [-0.25, -0.2) is 0 Å². The first-order chi connectivity index (χ1) is 11.5. The Morgan fingerprint density at radius 3 is 2.67 bits per heavy atom. The van der Waals surface area contributed by atoms with Crippen molar-refractivity contribution in [1.29, 1.82) is 0 Å². The number of nitrogens with one attached hydrogen (secondary N) is 1. The molecule has 0 radical (unpaired) electrons. The molecule has 0 amide bonds. The zero-order chi connectivity index (χ0) is 17.5. The van der Waals surface area contributed by atoms with Crippen molar-refractivity contribution < 1.29 is 23.2 Å². The second kappa shape index (κ2) is 7.86. The minimum absolute atomic E-state index is 0.101. The Balaban J connectivity index is 2.14. The molecule has 0 bridgehead atoms. The Bertz CT molecular complexity index is 753. The van der Waals surface area contributed by atoms with Crippen LogP contribution in [0.4, 0.5) is 20.2 Å². The lowest BCUT2D eigenvalue weighted by atomic mass is 10.2. The summed E-state index contributed by atoms with van der Waals surface area (Å²) in [7, 11) is 1.32. The largest absolute Gasteiger partial charge is 0.493 e. The summed E-state index contributed by atoms with van der Waals surface area (Å²) >= 11 is 0. The molecule has 7 nitrogen and oxygen atoms in total. The van der Waals surface area contributed by atoms with E-state index < -0.39 is 11.5 Å². The topological polar surface area (TPSA) is 86.0 Å². The number of ether oxygens (including phenoxy) is 2. The van der Waals surface area contributed by atoms with Gasteiger partial charge in [-0.05, 0) is 29.8 Å². The van der Waals surface area contributed by atoms with Crippen molar-refractivity contribution in [3.63, 3.8) is 0 Å². The van der Waals surface area contributed by atoms with E-state index in [4.69, 9.17) is 4.74 Å². The Labute approximate surface area is 135 Å². The zero-order valence-corrected chi connectivity index (χ0v) is 12.5. The predicted octanol–water partition coefficient (Wildman–Crippen LogP) is 3.65. The van der Waals surface area contributed by atoms with Gasteiger partial charge >= 0.3 is 6.61 Å². The number of hydrogen-bond acceptors (Lipinski definition) is 6. The molecule has 0 saturated carbocycles. The summed E-state index contributed by atoms with van der Waals surface area (Å²) in [6.45, 7) is -2.96. The first-order valence-electron chi connectivity index (χ1n) is 6.66. The van der Waals surface area contributed by atoms with Crippen LogP contribution in [0, 0.1) is 10.1 Å². The van der Waals surface area contributed by atoms with Gasteiger partial charge in [0.05, 0.1) is 18.2 Å². The monoisotopic (exact) mass is 337 g/mol. The number of nitro groups is 1. The number of benzene rings is 2. The molecule has 0 aliphatic carbocycles. The lowest BCUT2D eigenvalue weighted by molar-refractivity contribution is -0.384. The molecule has 0 unspecified atom stereocenters. The third-order valence-corrected chi connectivity index (χ3v) is 2.90. The van der Waals surface area contributed by atoms with E-state index in [9.17, 15) is 18.9 Å². The number of methoxy groups -OCH3 is 1. The minimum atomic E-state index is -2.96. The van der Waals surface area contributed by atoms with Crippen molar-refractivity contribution in [1.82, 2.24) is 0 Å². The van der Waals surface area contributed by atoms with Gasteiger partial charge < -0.3 is 9.47 Å². The van der Waals surface area contributed by atoms with E-state index in [1.807, 2.05) is 0 Å². The number of nitro benzene ring substituents is 1. The molecule has 0 atom stereocenters. The van der Waals surface area contributed by atoms with Crippen LogP contribution in [0.3, 0.4) is 0 Å². The summed E-state index contributed by atoms with van der Waals surface area (Å²) in [4.78, 5) is 10.4. The Morgan fingerprint density at radius 2 is 2.00 bits per heavy atom. The summed E-state index contributed by atoms with van der Waals surface area (Å²) in [5.74, 6) is 0.0150. The van der Waals surface area contributed by atoms with E-state index in [-0.39, 0.29) is 22.9 Å². The van der Waals surface area contributed by atoms with E-state index in [1.54, 1.807) is 12.1 Å².